The number of hydroxylamine groups is 1. The van der Waals surface area contributed by atoms with Gasteiger partial charge in [-0.1, -0.05) is 11.6 Å². The number of carbonyl (C=O) groups excluding carboxylic acids is 1. The number of rotatable bonds is 3. The van der Waals surface area contributed by atoms with E-state index in [4.69, 9.17) is 17.3 Å². The van der Waals surface area contributed by atoms with Crippen molar-refractivity contribution in [2.75, 3.05) is 12.1 Å². The minimum absolute atomic E-state index is 0.167. The van der Waals surface area contributed by atoms with Crippen molar-refractivity contribution < 1.29 is 9.18 Å². The minimum Gasteiger partial charge on any atom is -0.757 e. The van der Waals surface area contributed by atoms with Gasteiger partial charge in [0.25, 0.3) is 5.91 Å². The van der Waals surface area contributed by atoms with Crippen LogP contribution in [0.2, 0.25) is 5.02 Å². The highest BCUT2D eigenvalue weighted by Crippen LogP contribution is 2.39. The van der Waals surface area contributed by atoms with Crippen molar-refractivity contribution in [2.24, 2.45) is 5.73 Å². The molecule has 0 aliphatic heterocycles. The summed E-state index contributed by atoms with van der Waals surface area (Å²) in [5.74, 6) is -1.63. The number of hydrogen-bond donors (Lipinski definition) is 2. The van der Waals surface area contributed by atoms with Gasteiger partial charge >= 0.3 is 0 Å². The van der Waals surface area contributed by atoms with E-state index >= 15 is 0 Å². The van der Waals surface area contributed by atoms with Crippen molar-refractivity contribution in [3.05, 3.63) is 52.3 Å². The Hall–Kier alpha value is -3.17. The van der Waals surface area contributed by atoms with E-state index in [1.165, 1.54) is 13.2 Å². The molecule has 8 nitrogen and oxygen atoms in total. The van der Waals surface area contributed by atoms with Gasteiger partial charge in [0.1, 0.15) is 17.0 Å². The number of pyridine rings is 1. The van der Waals surface area contributed by atoms with Crippen LogP contribution in [-0.2, 0) is 0 Å². The fraction of sp³-hybridized carbons (Fsp3) is 0.0625. The Morgan fingerprint density at radius 1 is 1.42 bits per heavy atom. The molecule has 3 N–H and O–H groups in total. The van der Waals surface area contributed by atoms with Crippen molar-refractivity contribution in [2.45, 2.75) is 0 Å². The van der Waals surface area contributed by atoms with E-state index in [2.05, 4.69) is 15.2 Å². The topological polar surface area (TPSA) is 115 Å². The SMILES string of the molecule is CN([O-])c1cn2cc(-c3c(Cl)c(F)c(C(N)=O)c4[nH]ncc34)ccc2n1. The highest BCUT2D eigenvalue weighted by atomic mass is 35.5. The van der Waals surface area contributed by atoms with Crippen molar-refractivity contribution in [1.29, 1.82) is 0 Å². The van der Waals surface area contributed by atoms with Gasteiger partial charge in [-0.15, -0.1) is 0 Å². The van der Waals surface area contributed by atoms with Gasteiger partial charge in [-0.25, -0.2) is 9.37 Å². The molecule has 0 fully saturated rings. The summed E-state index contributed by atoms with van der Waals surface area (Å²) in [6.45, 7) is 0. The average molecular weight is 374 g/mol. The molecule has 132 valence electrons. The highest BCUT2D eigenvalue weighted by Gasteiger charge is 2.24. The Morgan fingerprint density at radius 3 is 2.88 bits per heavy atom. The maximum atomic E-state index is 14.7. The Kier molecular flexibility index (Phi) is 3.56. The number of amides is 1. The molecule has 0 saturated carbocycles. The van der Waals surface area contributed by atoms with E-state index in [-0.39, 0.29) is 21.9 Å². The second kappa shape index (κ2) is 5.68. The van der Waals surface area contributed by atoms with E-state index in [1.807, 2.05) is 0 Å². The summed E-state index contributed by atoms with van der Waals surface area (Å²) in [7, 11) is 1.34. The van der Waals surface area contributed by atoms with E-state index in [1.54, 1.807) is 28.9 Å². The van der Waals surface area contributed by atoms with Crippen molar-refractivity contribution in [1.82, 2.24) is 19.6 Å². The first-order chi connectivity index (χ1) is 12.4. The largest absolute Gasteiger partial charge is 0.757 e. The fourth-order valence-electron chi connectivity index (χ4n) is 2.91. The molecule has 0 atom stereocenters. The number of aromatic nitrogens is 4. The quantitative estimate of drug-likeness (QED) is 0.536. The van der Waals surface area contributed by atoms with Gasteiger partial charge < -0.3 is 20.4 Å². The molecule has 3 heterocycles. The lowest BCUT2D eigenvalue weighted by Gasteiger charge is -2.20. The van der Waals surface area contributed by atoms with Gasteiger partial charge in [-0.2, -0.15) is 5.10 Å². The highest BCUT2D eigenvalue weighted by molar-refractivity contribution is 6.36. The van der Waals surface area contributed by atoms with Gasteiger partial charge in [0.05, 0.1) is 22.9 Å². The van der Waals surface area contributed by atoms with E-state index < -0.39 is 11.7 Å². The Bertz CT molecular complexity index is 1180. The number of fused-ring (bicyclic) bond motifs is 2. The number of benzene rings is 1. The molecule has 26 heavy (non-hydrogen) atoms. The molecule has 0 saturated heterocycles. The zero-order valence-corrected chi connectivity index (χ0v) is 14.1. The third-order valence-electron chi connectivity index (χ3n) is 4.09. The molecular weight excluding hydrogens is 363 g/mol. The Morgan fingerprint density at radius 2 is 2.19 bits per heavy atom. The van der Waals surface area contributed by atoms with Crippen LogP contribution >= 0.6 is 11.6 Å². The predicted molar refractivity (Wildman–Crippen MR) is 95.5 cm³/mol. The molecule has 0 unspecified atom stereocenters. The fourth-order valence-corrected chi connectivity index (χ4v) is 3.21. The number of nitrogens with two attached hydrogens (primary N) is 1. The number of nitrogens with zero attached hydrogens (tertiary/aromatic N) is 4. The van der Waals surface area contributed by atoms with Crippen molar-refractivity contribution in [3.63, 3.8) is 0 Å². The van der Waals surface area contributed by atoms with Crippen LogP contribution in [0.15, 0.2) is 30.7 Å². The number of nitrogens with one attached hydrogen (secondary N) is 1. The smallest absolute Gasteiger partial charge is 0.253 e. The van der Waals surface area contributed by atoms with Crippen LogP contribution in [0.5, 0.6) is 0 Å². The standard InChI is InChI=1S/C16H11ClFN6O2/c1-23(26)10-6-24-5-7(2-3-9(24)21-10)11-8-4-20-22-15(8)12(16(19)25)14(18)13(11)17/h2-6H,1H3,(H2,19,25)(H,20,22)/q-1. The lowest BCUT2D eigenvalue weighted by Crippen LogP contribution is -2.14. The number of H-pyrrole nitrogens is 1. The minimum atomic E-state index is -0.946. The maximum absolute atomic E-state index is 14.7. The first-order valence-electron chi connectivity index (χ1n) is 7.42. The second-order valence-electron chi connectivity index (χ2n) is 5.68. The lowest BCUT2D eigenvalue weighted by atomic mass is 9.99. The molecule has 4 aromatic rings. The van der Waals surface area contributed by atoms with Gasteiger partial charge in [0.15, 0.2) is 5.82 Å². The number of imidazole rings is 1. The van der Waals surface area contributed by atoms with Crippen LogP contribution in [0.3, 0.4) is 0 Å². The molecule has 1 aromatic carbocycles. The number of halogens is 2. The van der Waals surface area contributed by atoms with Gasteiger partial charge in [-0.3, -0.25) is 9.89 Å². The number of primary amides is 1. The number of anilines is 1. The van der Waals surface area contributed by atoms with Crippen LogP contribution in [0.4, 0.5) is 10.2 Å². The molecule has 3 aromatic heterocycles. The van der Waals surface area contributed by atoms with Crippen molar-refractivity contribution >= 4 is 39.9 Å². The zero-order valence-electron chi connectivity index (χ0n) is 13.3. The average Bonchev–Trinajstić information content (AvgIpc) is 3.21. The Labute approximate surface area is 150 Å². The summed E-state index contributed by atoms with van der Waals surface area (Å²) >= 11 is 6.21. The van der Waals surface area contributed by atoms with E-state index in [0.717, 1.165) is 0 Å². The molecule has 0 radical (unpaired) electrons. The summed E-state index contributed by atoms with van der Waals surface area (Å²) in [4.78, 5) is 15.8. The molecule has 10 heteroatoms. The second-order valence-corrected chi connectivity index (χ2v) is 6.06. The molecule has 0 aliphatic carbocycles. The van der Waals surface area contributed by atoms with Crippen LogP contribution in [-0.4, -0.2) is 32.5 Å². The molecular formula is C16H11ClFN6O2-. The summed E-state index contributed by atoms with van der Waals surface area (Å²) in [6, 6.07) is 3.36. The number of carbonyl (C=O) groups is 1. The third-order valence-corrected chi connectivity index (χ3v) is 4.44. The van der Waals surface area contributed by atoms with Gasteiger partial charge in [-0.05, 0) is 19.2 Å². The van der Waals surface area contributed by atoms with Crippen LogP contribution in [0.25, 0.3) is 27.7 Å². The first-order valence-corrected chi connectivity index (χ1v) is 7.80. The molecule has 0 spiro atoms. The summed E-state index contributed by atoms with van der Waals surface area (Å²) in [5.41, 5.74) is 6.55. The summed E-state index contributed by atoms with van der Waals surface area (Å²) in [6.07, 6.45) is 4.64. The Balaban J connectivity index is 2.01. The van der Waals surface area contributed by atoms with Gasteiger partial charge in [0, 0.05) is 22.7 Å². The predicted octanol–water partition coefficient (Wildman–Crippen LogP) is 2.70. The van der Waals surface area contributed by atoms with E-state index in [9.17, 15) is 14.4 Å². The normalized spacial score (nSPS) is 11.4. The number of aromatic amines is 1. The first kappa shape index (κ1) is 16.3. The van der Waals surface area contributed by atoms with Crippen LogP contribution < -0.4 is 10.8 Å². The van der Waals surface area contributed by atoms with E-state index in [0.29, 0.717) is 27.2 Å². The summed E-state index contributed by atoms with van der Waals surface area (Å²) in [5, 5.41) is 18.7. The zero-order chi connectivity index (χ0) is 18.6. The van der Waals surface area contributed by atoms with Gasteiger partial charge in [0.2, 0.25) is 0 Å². The molecule has 1 amide bonds. The van der Waals surface area contributed by atoms with Crippen LogP contribution in [0, 0.1) is 11.0 Å². The summed E-state index contributed by atoms with van der Waals surface area (Å²) < 4.78 is 16.3. The maximum Gasteiger partial charge on any atom is 0.253 e. The molecule has 4 rings (SSSR count). The van der Waals surface area contributed by atoms with Crippen molar-refractivity contribution in [3.8, 4) is 11.1 Å². The lowest BCUT2D eigenvalue weighted by molar-refractivity contribution is 0.0998. The molecule has 0 aliphatic rings. The number of hydrogen-bond acceptors (Lipinski definition) is 5. The third kappa shape index (κ3) is 2.29. The van der Waals surface area contributed by atoms with Crippen LogP contribution in [0.1, 0.15) is 10.4 Å². The molecule has 0 bridgehead atoms. The monoisotopic (exact) mass is 373 g/mol.